The van der Waals surface area contributed by atoms with E-state index in [0.717, 1.165) is 19.3 Å². The maximum atomic E-state index is 11.5. The molecule has 78 valence electrons. The Kier molecular flexibility index (Phi) is 4.16. The monoisotopic (exact) mass is 194 g/mol. The lowest BCUT2D eigenvalue weighted by molar-refractivity contribution is -0.132. The number of carbonyl (C=O) groups is 1. The maximum absolute atomic E-state index is 11.5. The molecule has 0 heterocycles. The van der Waals surface area contributed by atoms with Crippen LogP contribution in [0.5, 0.6) is 0 Å². The molecule has 1 saturated carbocycles. The van der Waals surface area contributed by atoms with Crippen molar-refractivity contribution in [1.29, 1.82) is 0 Å². The Hall–Kier alpha value is -0.810. The summed E-state index contributed by atoms with van der Waals surface area (Å²) < 4.78 is 5.39. The fourth-order valence-electron chi connectivity index (χ4n) is 1.86. The first-order valence-corrected chi connectivity index (χ1v) is 5.23. The predicted molar refractivity (Wildman–Crippen MR) is 55.9 cm³/mol. The second kappa shape index (κ2) is 5.17. The molecule has 1 aliphatic carbocycles. The van der Waals surface area contributed by atoms with Crippen molar-refractivity contribution in [2.75, 3.05) is 7.11 Å². The standard InChI is InChI=1S/C12H18O2/c1-3-4-5-7-11(13)10-12(14-2)8-6-9-12/h1H,4-10H2,2H3. The van der Waals surface area contributed by atoms with Crippen LogP contribution in [0.4, 0.5) is 0 Å². The van der Waals surface area contributed by atoms with Gasteiger partial charge in [0.15, 0.2) is 0 Å². The molecule has 0 aromatic heterocycles. The van der Waals surface area contributed by atoms with Gasteiger partial charge < -0.3 is 4.74 Å². The third-order valence-electron chi connectivity index (χ3n) is 2.99. The van der Waals surface area contributed by atoms with Gasteiger partial charge in [-0.25, -0.2) is 0 Å². The fourth-order valence-corrected chi connectivity index (χ4v) is 1.86. The first-order chi connectivity index (χ1) is 6.72. The minimum atomic E-state index is -0.118. The Morgan fingerprint density at radius 2 is 2.29 bits per heavy atom. The van der Waals surface area contributed by atoms with Crippen molar-refractivity contribution in [3.05, 3.63) is 0 Å². The molecular weight excluding hydrogens is 176 g/mol. The molecule has 2 nitrogen and oxygen atoms in total. The van der Waals surface area contributed by atoms with Crippen LogP contribution in [-0.2, 0) is 9.53 Å². The Balaban J connectivity index is 2.22. The molecule has 0 spiro atoms. The van der Waals surface area contributed by atoms with E-state index in [1.807, 2.05) is 0 Å². The molecule has 0 radical (unpaired) electrons. The number of carbonyl (C=O) groups excluding carboxylic acids is 1. The van der Waals surface area contributed by atoms with Crippen molar-refractivity contribution in [2.24, 2.45) is 0 Å². The summed E-state index contributed by atoms with van der Waals surface area (Å²) in [6.45, 7) is 0. The lowest BCUT2D eigenvalue weighted by Crippen LogP contribution is -2.41. The Morgan fingerprint density at radius 1 is 1.57 bits per heavy atom. The van der Waals surface area contributed by atoms with Gasteiger partial charge >= 0.3 is 0 Å². The van der Waals surface area contributed by atoms with Gasteiger partial charge in [0, 0.05) is 26.4 Å². The number of rotatable bonds is 6. The Morgan fingerprint density at radius 3 is 2.71 bits per heavy atom. The van der Waals surface area contributed by atoms with Gasteiger partial charge in [0.05, 0.1) is 5.60 Å². The van der Waals surface area contributed by atoms with E-state index in [9.17, 15) is 4.79 Å². The van der Waals surface area contributed by atoms with Gasteiger partial charge in [-0.3, -0.25) is 4.79 Å². The fraction of sp³-hybridized carbons (Fsp3) is 0.750. The van der Waals surface area contributed by atoms with E-state index >= 15 is 0 Å². The van der Waals surface area contributed by atoms with E-state index in [4.69, 9.17) is 11.2 Å². The zero-order valence-electron chi connectivity index (χ0n) is 8.84. The molecule has 0 unspecified atom stereocenters. The zero-order chi connectivity index (χ0) is 10.4. The number of methoxy groups -OCH3 is 1. The highest BCUT2D eigenvalue weighted by atomic mass is 16.5. The van der Waals surface area contributed by atoms with E-state index in [1.54, 1.807) is 7.11 Å². The molecule has 1 fully saturated rings. The van der Waals surface area contributed by atoms with Crippen molar-refractivity contribution in [3.63, 3.8) is 0 Å². The van der Waals surface area contributed by atoms with Crippen LogP contribution in [0.15, 0.2) is 0 Å². The Labute approximate surface area is 86.0 Å². The van der Waals surface area contributed by atoms with Crippen LogP contribution in [0.1, 0.15) is 44.9 Å². The minimum absolute atomic E-state index is 0.118. The van der Waals surface area contributed by atoms with Crippen molar-refractivity contribution in [2.45, 2.75) is 50.5 Å². The normalized spacial score (nSPS) is 18.3. The third kappa shape index (κ3) is 2.85. The molecule has 0 aromatic carbocycles. The number of hydrogen-bond donors (Lipinski definition) is 0. The third-order valence-corrected chi connectivity index (χ3v) is 2.99. The van der Waals surface area contributed by atoms with Crippen LogP contribution >= 0.6 is 0 Å². The predicted octanol–water partition coefficient (Wildman–Crippen LogP) is 2.32. The smallest absolute Gasteiger partial charge is 0.135 e. The maximum Gasteiger partial charge on any atom is 0.135 e. The van der Waals surface area contributed by atoms with Crippen molar-refractivity contribution in [1.82, 2.24) is 0 Å². The number of hydrogen-bond acceptors (Lipinski definition) is 2. The van der Waals surface area contributed by atoms with E-state index < -0.39 is 0 Å². The van der Waals surface area contributed by atoms with Gasteiger partial charge in [-0.2, -0.15) is 0 Å². The molecule has 1 aliphatic rings. The second-order valence-corrected chi connectivity index (χ2v) is 4.01. The highest BCUT2D eigenvalue weighted by Crippen LogP contribution is 2.38. The summed E-state index contributed by atoms with van der Waals surface area (Å²) in [5, 5.41) is 0. The van der Waals surface area contributed by atoms with Crippen LogP contribution < -0.4 is 0 Å². The SMILES string of the molecule is C#CCCCC(=O)CC1(OC)CCC1. The molecular formula is C12H18O2. The van der Waals surface area contributed by atoms with Crippen LogP contribution in [0, 0.1) is 12.3 Å². The highest BCUT2D eigenvalue weighted by Gasteiger charge is 2.38. The van der Waals surface area contributed by atoms with Crippen LogP contribution in [0.2, 0.25) is 0 Å². The number of terminal acetylenes is 1. The van der Waals surface area contributed by atoms with Gasteiger partial charge in [0.1, 0.15) is 5.78 Å². The van der Waals surface area contributed by atoms with Crippen molar-refractivity contribution < 1.29 is 9.53 Å². The molecule has 1 rings (SSSR count). The van der Waals surface area contributed by atoms with Gasteiger partial charge in [-0.15, -0.1) is 12.3 Å². The summed E-state index contributed by atoms with van der Waals surface area (Å²) >= 11 is 0. The number of Topliss-reactive ketones (excluding diaryl/α,β-unsaturated/α-hetero) is 1. The molecule has 0 saturated heterocycles. The lowest BCUT2D eigenvalue weighted by atomic mass is 9.76. The number of unbranched alkanes of at least 4 members (excludes halogenated alkanes) is 1. The zero-order valence-corrected chi connectivity index (χ0v) is 8.84. The van der Waals surface area contributed by atoms with Crippen LogP contribution in [0.3, 0.4) is 0 Å². The molecule has 0 aromatic rings. The van der Waals surface area contributed by atoms with E-state index in [2.05, 4.69) is 5.92 Å². The quantitative estimate of drug-likeness (QED) is 0.479. The summed E-state index contributed by atoms with van der Waals surface area (Å²) in [5.74, 6) is 2.84. The van der Waals surface area contributed by atoms with Gasteiger partial charge in [-0.1, -0.05) is 0 Å². The molecule has 14 heavy (non-hydrogen) atoms. The van der Waals surface area contributed by atoms with Gasteiger partial charge in [0.25, 0.3) is 0 Å². The summed E-state index contributed by atoms with van der Waals surface area (Å²) in [7, 11) is 1.70. The topological polar surface area (TPSA) is 26.3 Å². The Bertz CT molecular complexity index is 228. The molecule has 0 aliphatic heterocycles. The van der Waals surface area contributed by atoms with E-state index in [0.29, 0.717) is 25.0 Å². The largest absolute Gasteiger partial charge is 0.378 e. The second-order valence-electron chi connectivity index (χ2n) is 4.01. The van der Waals surface area contributed by atoms with Gasteiger partial charge in [-0.05, 0) is 25.7 Å². The van der Waals surface area contributed by atoms with Crippen LogP contribution in [0.25, 0.3) is 0 Å². The summed E-state index contributed by atoms with van der Waals surface area (Å²) in [4.78, 5) is 11.5. The molecule has 0 atom stereocenters. The number of ketones is 1. The van der Waals surface area contributed by atoms with Crippen molar-refractivity contribution in [3.8, 4) is 12.3 Å². The molecule has 2 heteroatoms. The molecule has 0 amide bonds. The van der Waals surface area contributed by atoms with Crippen LogP contribution in [-0.4, -0.2) is 18.5 Å². The summed E-state index contributed by atoms with van der Waals surface area (Å²) in [6.07, 6.45) is 11.1. The van der Waals surface area contributed by atoms with Gasteiger partial charge in [0.2, 0.25) is 0 Å². The summed E-state index contributed by atoms with van der Waals surface area (Å²) in [6, 6.07) is 0. The van der Waals surface area contributed by atoms with Crippen molar-refractivity contribution >= 4 is 5.78 Å². The average molecular weight is 194 g/mol. The number of ether oxygens (including phenoxy) is 1. The molecule has 0 bridgehead atoms. The summed E-state index contributed by atoms with van der Waals surface area (Å²) in [5.41, 5.74) is -0.118. The van der Waals surface area contributed by atoms with E-state index in [1.165, 1.54) is 6.42 Å². The first kappa shape index (κ1) is 11.3. The van der Waals surface area contributed by atoms with E-state index in [-0.39, 0.29) is 5.60 Å². The average Bonchev–Trinajstić information content (AvgIpc) is 2.12. The lowest BCUT2D eigenvalue weighted by Gasteiger charge is -2.40. The first-order valence-electron chi connectivity index (χ1n) is 5.23. The molecule has 0 N–H and O–H groups in total. The highest BCUT2D eigenvalue weighted by molar-refractivity contribution is 5.79. The minimum Gasteiger partial charge on any atom is -0.378 e.